The predicted octanol–water partition coefficient (Wildman–Crippen LogP) is 12.7. The monoisotopic (exact) mass is 800 g/mol. The van der Waals surface area contributed by atoms with Crippen LogP contribution in [-0.4, -0.2) is 37.1 Å². The van der Waals surface area contributed by atoms with Crippen LogP contribution in [0.25, 0.3) is 89.6 Å². The van der Waals surface area contributed by atoms with Crippen molar-refractivity contribution in [1.82, 2.24) is 23.9 Å². The van der Waals surface area contributed by atoms with E-state index < -0.39 is 8.07 Å². The van der Waals surface area contributed by atoms with Gasteiger partial charge in [-0.3, -0.25) is 14.0 Å². The van der Waals surface area contributed by atoms with Gasteiger partial charge in [0.05, 0.1) is 47.8 Å². The van der Waals surface area contributed by atoms with Crippen molar-refractivity contribution < 1.29 is 10.9 Å². The van der Waals surface area contributed by atoms with E-state index in [2.05, 4.69) is 165 Å². The average molecular weight is 801 g/mol. The molecule has 0 bridgehead atoms. The van der Waals surface area contributed by atoms with Crippen LogP contribution in [0.2, 0.25) is 19.6 Å². The van der Waals surface area contributed by atoms with Gasteiger partial charge in [0, 0.05) is 29.0 Å². The molecule has 0 fully saturated rings. The standard InChI is InChI=1S/C52H45N5O2Si/c1-52(2,3)38-25-36(24-37(26-38)43-27-35(22-23-54-43)33-14-9-7-10-15-33)40-18-13-19-45-50(40)55-51(42-29-46-48(30-47(42)58)59-49-31-53-32-56(46)49)57(45)44-21-20-39(60(4,5)6)28-41(44)34-16-11-8-12-17-34/h7-32,58H,1-6H3/i32D. The van der Waals surface area contributed by atoms with Gasteiger partial charge in [-0.05, 0) is 75.7 Å². The minimum Gasteiger partial charge on any atom is -0.507 e. The Labute approximate surface area is 351 Å². The van der Waals surface area contributed by atoms with Crippen LogP contribution < -0.4 is 5.19 Å². The van der Waals surface area contributed by atoms with Crippen LogP contribution >= 0.6 is 0 Å². The fraction of sp³-hybridized carbons (Fsp3) is 0.135. The molecule has 10 aromatic rings. The van der Waals surface area contributed by atoms with Crippen molar-refractivity contribution in [3.63, 3.8) is 0 Å². The topological polar surface area (TPSA) is 81.4 Å². The van der Waals surface area contributed by atoms with Crippen molar-refractivity contribution in [3.05, 3.63) is 164 Å². The van der Waals surface area contributed by atoms with E-state index in [4.69, 9.17) is 15.8 Å². The van der Waals surface area contributed by atoms with Gasteiger partial charge < -0.3 is 9.52 Å². The van der Waals surface area contributed by atoms with Crippen molar-refractivity contribution in [1.29, 1.82) is 0 Å². The highest BCUT2D eigenvalue weighted by Crippen LogP contribution is 2.43. The normalized spacial score (nSPS) is 12.5. The summed E-state index contributed by atoms with van der Waals surface area (Å²) in [6, 6.07) is 48.5. The first-order valence-electron chi connectivity index (χ1n) is 20.8. The summed E-state index contributed by atoms with van der Waals surface area (Å²) in [5, 5.41) is 13.3. The number of pyridine rings is 1. The maximum absolute atomic E-state index is 11.9. The lowest BCUT2D eigenvalue weighted by Gasteiger charge is -2.22. The van der Waals surface area contributed by atoms with E-state index in [0.29, 0.717) is 28.2 Å². The van der Waals surface area contributed by atoms with E-state index in [0.717, 1.165) is 61.4 Å². The van der Waals surface area contributed by atoms with Crippen molar-refractivity contribution in [2.24, 2.45) is 0 Å². The molecule has 4 aromatic heterocycles. The highest BCUT2D eigenvalue weighted by Gasteiger charge is 2.26. The number of phenols is 1. The molecule has 0 aliphatic carbocycles. The summed E-state index contributed by atoms with van der Waals surface area (Å²) >= 11 is 0. The quantitative estimate of drug-likeness (QED) is 0.162. The van der Waals surface area contributed by atoms with Crippen LogP contribution in [0.4, 0.5) is 0 Å². The van der Waals surface area contributed by atoms with E-state index >= 15 is 0 Å². The SMILES string of the molecule is [2H]c1ncc2oc3cc(O)c(-c4nc5c(-c6cc(-c7cc(-c8ccccc8)ccn7)cc(C(C)(C)C)c6)cccc5n4-c4ccc([Si](C)(C)C)cc4-c4ccccc4)cc3n12. The number of oxazole rings is 1. The van der Waals surface area contributed by atoms with E-state index in [1.807, 2.05) is 24.4 Å². The molecule has 0 unspecified atom stereocenters. The third kappa shape index (κ3) is 6.50. The molecule has 7 nitrogen and oxygen atoms in total. The maximum Gasteiger partial charge on any atom is 0.224 e. The van der Waals surface area contributed by atoms with Crippen molar-refractivity contribution >= 4 is 41.1 Å². The zero-order chi connectivity index (χ0) is 42.2. The van der Waals surface area contributed by atoms with Crippen molar-refractivity contribution in [2.75, 3.05) is 0 Å². The molecule has 60 heavy (non-hydrogen) atoms. The first-order chi connectivity index (χ1) is 29.3. The van der Waals surface area contributed by atoms with Gasteiger partial charge in [-0.25, -0.2) is 9.97 Å². The Kier molecular flexibility index (Phi) is 8.46. The zero-order valence-electron chi connectivity index (χ0n) is 35.5. The van der Waals surface area contributed by atoms with Crippen molar-refractivity contribution in [3.8, 4) is 67.5 Å². The number of rotatable bonds is 7. The first kappa shape index (κ1) is 36.1. The molecule has 6 aromatic carbocycles. The molecule has 0 amide bonds. The molecule has 1 N–H and O–H groups in total. The van der Waals surface area contributed by atoms with Crippen LogP contribution in [0.3, 0.4) is 0 Å². The lowest BCUT2D eigenvalue weighted by molar-refractivity contribution is 0.476. The van der Waals surface area contributed by atoms with Gasteiger partial charge in [-0.1, -0.05) is 137 Å². The van der Waals surface area contributed by atoms with Gasteiger partial charge in [0.2, 0.25) is 5.71 Å². The van der Waals surface area contributed by atoms with E-state index in [1.54, 1.807) is 10.5 Å². The number of phenolic OH excluding ortho intramolecular Hbond substituents is 1. The molecule has 0 saturated heterocycles. The summed E-state index contributed by atoms with van der Waals surface area (Å²) in [7, 11) is -1.73. The van der Waals surface area contributed by atoms with Gasteiger partial charge in [0.1, 0.15) is 19.2 Å². The Balaban J connectivity index is 1.26. The van der Waals surface area contributed by atoms with Crippen LogP contribution in [0, 0.1) is 0 Å². The lowest BCUT2D eigenvalue weighted by Crippen LogP contribution is -2.37. The molecule has 0 radical (unpaired) electrons. The molecular weight excluding hydrogens is 755 g/mol. The second-order valence-electron chi connectivity index (χ2n) is 17.6. The largest absolute Gasteiger partial charge is 0.507 e. The molecule has 0 aliphatic heterocycles. The highest BCUT2D eigenvalue weighted by molar-refractivity contribution is 6.88. The molecule has 0 saturated carbocycles. The van der Waals surface area contributed by atoms with Gasteiger partial charge in [-0.15, -0.1) is 0 Å². The number of aromatic nitrogens is 5. The Bertz CT molecular complexity index is 3300. The number of nitrogens with zero attached hydrogens (tertiary/aromatic N) is 5. The third-order valence-corrected chi connectivity index (χ3v) is 13.5. The van der Waals surface area contributed by atoms with Gasteiger partial charge in [0.25, 0.3) is 0 Å². The Morgan fingerprint density at radius 1 is 0.667 bits per heavy atom. The molecule has 10 rings (SSSR count). The van der Waals surface area contributed by atoms with Crippen LogP contribution in [0.15, 0.2) is 163 Å². The third-order valence-electron chi connectivity index (χ3n) is 11.5. The Morgan fingerprint density at radius 2 is 1.42 bits per heavy atom. The van der Waals surface area contributed by atoms with Crippen molar-refractivity contribution in [2.45, 2.75) is 45.8 Å². The summed E-state index contributed by atoms with van der Waals surface area (Å²) in [6.07, 6.45) is 3.46. The molecular formula is C52H45N5O2Si. The second-order valence-corrected chi connectivity index (χ2v) is 22.7. The van der Waals surface area contributed by atoms with E-state index in [-0.39, 0.29) is 17.5 Å². The minimum absolute atomic E-state index is 0.0171. The van der Waals surface area contributed by atoms with Crippen LogP contribution in [0.5, 0.6) is 5.75 Å². The van der Waals surface area contributed by atoms with Gasteiger partial charge in [0.15, 0.2) is 5.58 Å². The van der Waals surface area contributed by atoms with Gasteiger partial charge in [-0.2, -0.15) is 0 Å². The summed E-state index contributed by atoms with van der Waals surface area (Å²) in [6.45, 7) is 13.8. The molecule has 4 heterocycles. The number of hydrogen-bond acceptors (Lipinski definition) is 5. The zero-order valence-corrected chi connectivity index (χ0v) is 35.5. The lowest BCUT2D eigenvalue weighted by atomic mass is 9.83. The maximum atomic E-state index is 11.9. The number of para-hydroxylation sites is 1. The molecule has 294 valence electrons. The van der Waals surface area contributed by atoms with Gasteiger partial charge >= 0.3 is 0 Å². The number of benzene rings is 6. The molecule has 0 aliphatic rings. The highest BCUT2D eigenvalue weighted by atomic mass is 28.3. The summed E-state index contributed by atoms with van der Waals surface area (Å²) in [5.41, 5.74) is 13.9. The predicted molar refractivity (Wildman–Crippen MR) is 248 cm³/mol. The number of fused-ring (bicyclic) bond motifs is 4. The fourth-order valence-corrected chi connectivity index (χ4v) is 9.33. The Hall–Kier alpha value is -7.03. The fourth-order valence-electron chi connectivity index (χ4n) is 8.17. The number of imidazole rings is 2. The average Bonchev–Trinajstić information content (AvgIpc) is 3.94. The summed E-state index contributed by atoms with van der Waals surface area (Å²) in [5.74, 6) is 0.577. The smallest absolute Gasteiger partial charge is 0.224 e. The van der Waals surface area contributed by atoms with E-state index in [9.17, 15) is 5.11 Å². The van der Waals surface area contributed by atoms with Crippen LogP contribution in [-0.2, 0) is 5.41 Å². The van der Waals surface area contributed by atoms with Crippen LogP contribution in [0.1, 0.15) is 27.7 Å². The molecule has 0 spiro atoms. The molecule has 0 atom stereocenters. The Morgan fingerprint density at radius 3 is 2.17 bits per heavy atom. The number of aromatic hydroxyl groups is 1. The minimum atomic E-state index is -1.73. The van der Waals surface area contributed by atoms with E-state index in [1.165, 1.54) is 16.9 Å². The molecule has 8 heteroatoms. The first-order valence-corrected chi connectivity index (χ1v) is 23.8. The number of hydrogen-bond donors (Lipinski definition) is 1. The summed E-state index contributed by atoms with van der Waals surface area (Å²) in [4.78, 5) is 14.6. The second kappa shape index (κ2) is 14.1. The summed E-state index contributed by atoms with van der Waals surface area (Å²) < 4.78 is 18.4.